The summed E-state index contributed by atoms with van der Waals surface area (Å²) in [6.07, 6.45) is 3.52. The standard InChI is InChI=1S/C16H23FN2/c1-4-5-6-9-19(13(2)3)12-15-10-14(11-18)7-8-16(15)17/h7-8,10,13H,4-6,9,12H2,1-3H3. The summed E-state index contributed by atoms with van der Waals surface area (Å²) in [5.41, 5.74) is 1.14. The second kappa shape index (κ2) is 7.91. The predicted octanol–water partition coefficient (Wildman–Crippen LogP) is 4.10. The van der Waals surface area contributed by atoms with Gasteiger partial charge in [0.15, 0.2) is 0 Å². The zero-order chi connectivity index (χ0) is 14.3. The van der Waals surface area contributed by atoms with E-state index in [0.717, 1.165) is 13.0 Å². The molecule has 0 N–H and O–H groups in total. The summed E-state index contributed by atoms with van der Waals surface area (Å²) in [7, 11) is 0. The number of benzene rings is 1. The first-order chi connectivity index (χ1) is 9.08. The van der Waals surface area contributed by atoms with Crippen LogP contribution in [-0.2, 0) is 6.54 Å². The fourth-order valence-electron chi connectivity index (χ4n) is 2.07. The minimum Gasteiger partial charge on any atom is -0.297 e. The van der Waals surface area contributed by atoms with Gasteiger partial charge in [-0.3, -0.25) is 4.90 Å². The van der Waals surface area contributed by atoms with Crippen LogP contribution in [0.25, 0.3) is 0 Å². The van der Waals surface area contributed by atoms with Crippen molar-refractivity contribution < 1.29 is 4.39 Å². The molecule has 0 amide bonds. The van der Waals surface area contributed by atoms with Crippen molar-refractivity contribution in [1.82, 2.24) is 4.90 Å². The van der Waals surface area contributed by atoms with Crippen LogP contribution in [0.3, 0.4) is 0 Å². The maximum atomic E-state index is 13.8. The highest BCUT2D eigenvalue weighted by Gasteiger charge is 2.13. The topological polar surface area (TPSA) is 27.0 Å². The molecule has 1 aromatic rings. The molecule has 2 nitrogen and oxygen atoms in total. The van der Waals surface area contributed by atoms with E-state index in [9.17, 15) is 4.39 Å². The first kappa shape index (κ1) is 15.7. The number of nitriles is 1. The van der Waals surface area contributed by atoms with Crippen LogP contribution < -0.4 is 0 Å². The third-order valence-corrected chi connectivity index (χ3v) is 3.33. The van der Waals surface area contributed by atoms with Crippen LogP contribution in [0, 0.1) is 17.1 Å². The van der Waals surface area contributed by atoms with Crippen molar-refractivity contribution in [2.24, 2.45) is 0 Å². The van der Waals surface area contributed by atoms with Crippen molar-refractivity contribution in [3.05, 3.63) is 35.1 Å². The molecule has 0 bridgehead atoms. The van der Waals surface area contributed by atoms with Crippen LogP contribution in [0.2, 0.25) is 0 Å². The van der Waals surface area contributed by atoms with Crippen LogP contribution in [-0.4, -0.2) is 17.5 Å². The Kier molecular flexibility index (Phi) is 6.52. The highest BCUT2D eigenvalue weighted by molar-refractivity contribution is 5.33. The lowest BCUT2D eigenvalue weighted by atomic mass is 10.1. The molecule has 0 aliphatic rings. The molecule has 0 unspecified atom stereocenters. The molecule has 0 fully saturated rings. The molecule has 104 valence electrons. The maximum Gasteiger partial charge on any atom is 0.127 e. The van der Waals surface area contributed by atoms with Gasteiger partial charge in [-0.25, -0.2) is 4.39 Å². The first-order valence-corrected chi connectivity index (χ1v) is 7.01. The van der Waals surface area contributed by atoms with E-state index in [1.54, 1.807) is 6.07 Å². The molecule has 1 rings (SSSR count). The van der Waals surface area contributed by atoms with Gasteiger partial charge in [-0.2, -0.15) is 5.26 Å². The Bertz CT molecular complexity index is 435. The summed E-state index contributed by atoms with van der Waals surface area (Å²) in [5, 5.41) is 8.88. The number of unbranched alkanes of at least 4 members (excludes halogenated alkanes) is 2. The molecule has 0 saturated carbocycles. The van der Waals surface area contributed by atoms with E-state index in [1.165, 1.54) is 25.0 Å². The maximum absolute atomic E-state index is 13.8. The van der Waals surface area contributed by atoms with E-state index in [2.05, 4.69) is 31.7 Å². The summed E-state index contributed by atoms with van der Waals surface area (Å²) in [6, 6.07) is 7.01. The van der Waals surface area contributed by atoms with Gasteiger partial charge < -0.3 is 0 Å². The van der Waals surface area contributed by atoms with E-state index in [-0.39, 0.29) is 5.82 Å². The Balaban J connectivity index is 2.75. The molecule has 1 aromatic carbocycles. The van der Waals surface area contributed by atoms with Crippen LogP contribution in [0.1, 0.15) is 51.2 Å². The lowest BCUT2D eigenvalue weighted by Gasteiger charge is -2.26. The molecular weight excluding hydrogens is 239 g/mol. The van der Waals surface area contributed by atoms with Gasteiger partial charge in [0.25, 0.3) is 0 Å². The summed E-state index contributed by atoms with van der Waals surface area (Å²) < 4.78 is 13.8. The number of nitrogens with zero attached hydrogens (tertiary/aromatic N) is 2. The van der Waals surface area contributed by atoms with Crippen molar-refractivity contribution in [1.29, 1.82) is 5.26 Å². The van der Waals surface area contributed by atoms with E-state index < -0.39 is 0 Å². The van der Waals surface area contributed by atoms with Gasteiger partial charge in [0.1, 0.15) is 5.82 Å². The lowest BCUT2D eigenvalue weighted by Crippen LogP contribution is -2.31. The summed E-state index contributed by atoms with van der Waals surface area (Å²) in [4.78, 5) is 2.26. The molecule has 0 saturated heterocycles. The Morgan fingerprint density at radius 2 is 2.05 bits per heavy atom. The van der Waals surface area contributed by atoms with Crippen LogP contribution in [0.4, 0.5) is 4.39 Å². The van der Waals surface area contributed by atoms with Gasteiger partial charge in [0.2, 0.25) is 0 Å². The number of halogens is 1. The van der Waals surface area contributed by atoms with Gasteiger partial charge in [-0.15, -0.1) is 0 Å². The van der Waals surface area contributed by atoms with E-state index in [0.29, 0.717) is 23.7 Å². The lowest BCUT2D eigenvalue weighted by molar-refractivity contribution is 0.206. The fourth-order valence-corrected chi connectivity index (χ4v) is 2.07. The van der Waals surface area contributed by atoms with Crippen LogP contribution in [0.15, 0.2) is 18.2 Å². The molecule has 0 atom stereocenters. The minimum absolute atomic E-state index is 0.222. The monoisotopic (exact) mass is 262 g/mol. The van der Waals surface area contributed by atoms with E-state index >= 15 is 0 Å². The number of hydrogen-bond acceptors (Lipinski definition) is 2. The Hall–Kier alpha value is -1.40. The Morgan fingerprint density at radius 1 is 1.32 bits per heavy atom. The van der Waals surface area contributed by atoms with Gasteiger partial charge in [-0.05, 0) is 45.0 Å². The van der Waals surface area contributed by atoms with Gasteiger partial charge >= 0.3 is 0 Å². The van der Waals surface area contributed by atoms with Crippen LogP contribution >= 0.6 is 0 Å². The molecule has 0 heterocycles. The van der Waals surface area contributed by atoms with Crippen molar-refractivity contribution >= 4 is 0 Å². The molecule has 0 aliphatic heterocycles. The van der Waals surface area contributed by atoms with Gasteiger partial charge in [-0.1, -0.05) is 19.8 Å². The molecule has 0 spiro atoms. The molecule has 19 heavy (non-hydrogen) atoms. The molecule has 0 aliphatic carbocycles. The average molecular weight is 262 g/mol. The Labute approximate surface area is 115 Å². The number of rotatable bonds is 7. The summed E-state index contributed by atoms with van der Waals surface area (Å²) in [5.74, 6) is -0.222. The smallest absolute Gasteiger partial charge is 0.127 e. The quantitative estimate of drug-likeness (QED) is 0.692. The van der Waals surface area contributed by atoms with E-state index in [4.69, 9.17) is 5.26 Å². The summed E-state index contributed by atoms with van der Waals surface area (Å²) >= 11 is 0. The highest BCUT2D eigenvalue weighted by Crippen LogP contribution is 2.15. The highest BCUT2D eigenvalue weighted by atomic mass is 19.1. The van der Waals surface area contributed by atoms with Crippen molar-refractivity contribution in [3.63, 3.8) is 0 Å². The van der Waals surface area contributed by atoms with Crippen molar-refractivity contribution in [2.45, 2.75) is 52.6 Å². The van der Waals surface area contributed by atoms with Crippen molar-refractivity contribution in [2.75, 3.05) is 6.54 Å². The van der Waals surface area contributed by atoms with Gasteiger partial charge in [0, 0.05) is 18.2 Å². The van der Waals surface area contributed by atoms with Gasteiger partial charge in [0.05, 0.1) is 11.6 Å². The Morgan fingerprint density at radius 3 is 2.63 bits per heavy atom. The molecule has 0 aromatic heterocycles. The second-order valence-electron chi connectivity index (χ2n) is 5.19. The SMILES string of the molecule is CCCCCN(Cc1cc(C#N)ccc1F)C(C)C. The fraction of sp³-hybridized carbons (Fsp3) is 0.562. The minimum atomic E-state index is -0.222. The molecule has 0 radical (unpaired) electrons. The summed E-state index contributed by atoms with van der Waals surface area (Å²) in [6.45, 7) is 7.97. The molecule has 3 heteroatoms. The zero-order valence-electron chi connectivity index (χ0n) is 12.1. The molecular formula is C16H23FN2. The first-order valence-electron chi connectivity index (χ1n) is 7.01. The average Bonchev–Trinajstić information content (AvgIpc) is 2.39. The largest absolute Gasteiger partial charge is 0.297 e. The predicted molar refractivity (Wildman–Crippen MR) is 76.2 cm³/mol. The third-order valence-electron chi connectivity index (χ3n) is 3.33. The normalized spacial score (nSPS) is 11.0. The van der Waals surface area contributed by atoms with Crippen molar-refractivity contribution in [3.8, 4) is 6.07 Å². The second-order valence-corrected chi connectivity index (χ2v) is 5.19. The zero-order valence-corrected chi connectivity index (χ0v) is 12.1. The van der Waals surface area contributed by atoms with E-state index in [1.807, 2.05) is 0 Å². The van der Waals surface area contributed by atoms with Crippen LogP contribution in [0.5, 0.6) is 0 Å². The third kappa shape index (κ3) is 5.00. The number of hydrogen-bond donors (Lipinski definition) is 0.